The smallest absolute Gasteiger partial charge is 0.331 e. The van der Waals surface area contributed by atoms with Crippen LogP contribution in [-0.4, -0.2) is 37.2 Å². The van der Waals surface area contributed by atoms with Crippen molar-refractivity contribution < 1.29 is 23.9 Å². The number of thioether (sulfide) groups is 1. The van der Waals surface area contributed by atoms with Crippen molar-refractivity contribution in [3.63, 3.8) is 0 Å². The van der Waals surface area contributed by atoms with Gasteiger partial charge in [-0.25, -0.2) is 4.79 Å². The minimum Gasteiger partial charge on any atom is -0.497 e. The zero-order chi connectivity index (χ0) is 21.0. The summed E-state index contributed by atoms with van der Waals surface area (Å²) in [5.41, 5.74) is 1.67. The summed E-state index contributed by atoms with van der Waals surface area (Å²) in [7, 11) is 2.74. The summed E-state index contributed by atoms with van der Waals surface area (Å²) in [6.45, 7) is 1.81. The number of esters is 1. The Balaban J connectivity index is 2.07. The minimum atomic E-state index is -0.669. The fourth-order valence-electron chi connectivity index (χ4n) is 2.65. The maximum Gasteiger partial charge on any atom is 0.331 e. The number of amides is 2. The molecule has 0 spiro atoms. The largest absolute Gasteiger partial charge is 0.497 e. The molecule has 29 heavy (non-hydrogen) atoms. The van der Waals surface area contributed by atoms with Crippen LogP contribution in [0, 0.1) is 6.92 Å². The van der Waals surface area contributed by atoms with Gasteiger partial charge in [-0.15, -0.1) is 0 Å². The number of hydrogen-bond acceptors (Lipinski definition) is 6. The van der Waals surface area contributed by atoms with Crippen LogP contribution in [0.5, 0.6) is 5.75 Å². The number of rotatable bonds is 4. The number of ether oxygens (including phenoxy) is 2. The van der Waals surface area contributed by atoms with E-state index in [2.05, 4.69) is 9.73 Å². The summed E-state index contributed by atoms with van der Waals surface area (Å²) in [5.74, 6) is -1.09. The van der Waals surface area contributed by atoms with Gasteiger partial charge in [-0.3, -0.25) is 14.5 Å². The first-order valence-electron chi connectivity index (χ1n) is 8.59. The average molecular weight is 410 g/mol. The third kappa shape index (κ3) is 4.38. The number of nitrogens with zero attached hydrogens (tertiary/aromatic N) is 2. The standard InChI is InChI=1S/C21H18N2O5S/c1-13-7-4-5-10-16(13)19(25)22-21-23(14-8-6-9-15(11-14)27-2)20(26)17(29-21)12-18(24)28-3/h4-12H,1-3H3/b17-12+,22-21?. The molecule has 0 unspecified atom stereocenters. The number of anilines is 1. The molecule has 148 valence electrons. The summed E-state index contributed by atoms with van der Waals surface area (Å²) in [4.78, 5) is 42.9. The molecule has 0 radical (unpaired) electrons. The third-order valence-corrected chi connectivity index (χ3v) is 5.11. The van der Waals surface area contributed by atoms with Gasteiger partial charge in [0.25, 0.3) is 11.8 Å². The number of hydrogen-bond donors (Lipinski definition) is 0. The van der Waals surface area contributed by atoms with E-state index in [1.54, 1.807) is 36.4 Å². The van der Waals surface area contributed by atoms with Crippen LogP contribution >= 0.6 is 11.8 Å². The maximum absolute atomic E-state index is 12.9. The van der Waals surface area contributed by atoms with Gasteiger partial charge in [0.05, 0.1) is 24.8 Å². The average Bonchev–Trinajstić information content (AvgIpc) is 3.02. The molecule has 0 atom stereocenters. The topological polar surface area (TPSA) is 85.3 Å². The van der Waals surface area contributed by atoms with E-state index >= 15 is 0 Å². The lowest BCUT2D eigenvalue weighted by Crippen LogP contribution is -2.29. The van der Waals surface area contributed by atoms with Crippen LogP contribution in [0.25, 0.3) is 0 Å². The zero-order valence-corrected chi connectivity index (χ0v) is 16.9. The normalized spacial score (nSPS) is 16.4. The van der Waals surface area contributed by atoms with Crippen molar-refractivity contribution in [1.82, 2.24) is 0 Å². The molecule has 1 heterocycles. The highest BCUT2D eigenvalue weighted by Crippen LogP contribution is 2.36. The number of carbonyl (C=O) groups is 3. The van der Waals surface area contributed by atoms with Gasteiger partial charge in [0, 0.05) is 17.7 Å². The van der Waals surface area contributed by atoms with Gasteiger partial charge in [0.1, 0.15) is 5.75 Å². The summed E-state index contributed by atoms with van der Waals surface area (Å²) in [6.07, 6.45) is 1.08. The first-order chi connectivity index (χ1) is 13.9. The minimum absolute atomic E-state index is 0.107. The molecule has 2 amide bonds. The predicted molar refractivity (Wildman–Crippen MR) is 111 cm³/mol. The van der Waals surface area contributed by atoms with Crippen LogP contribution in [-0.2, 0) is 14.3 Å². The molecule has 0 saturated carbocycles. The Hall–Kier alpha value is -3.39. The van der Waals surface area contributed by atoms with E-state index in [1.165, 1.54) is 19.1 Å². The number of benzene rings is 2. The lowest BCUT2D eigenvalue weighted by atomic mass is 10.1. The first-order valence-corrected chi connectivity index (χ1v) is 9.41. The van der Waals surface area contributed by atoms with Gasteiger partial charge in [0.15, 0.2) is 5.17 Å². The second-order valence-corrected chi connectivity index (χ2v) is 7.00. The Kier molecular flexibility index (Phi) is 6.13. The van der Waals surface area contributed by atoms with Crippen molar-refractivity contribution in [2.24, 2.45) is 4.99 Å². The summed E-state index contributed by atoms with van der Waals surface area (Å²) >= 11 is 0.933. The van der Waals surface area contributed by atoms with Crippen LogP contribution < -0.4 is 9.64 Å². The van der Waals surface area contributed by atoms with E-state index in [0.717, 1.165) is 23.4 Å². The van der Waals surface area contributed by atoms with Crippen molar-refractivity contribution in [2.75, 3.05) is 19.1 Å². The van der Waals surface area contributed by atoms with Crippen molar-refractivity contribution in [1.29, 1.82) is 0 Å². The molecule has 7 nitrogen and oxygen atoms in total. The molecule has 0 bridgehead atoms. The number of methoxy groups -OCH3 is 2. The summed E-state index contributed by atoms with van der Waals surface area (Å²) in [6, 6.07) is 13.8. The second kappa shape index (κ2) is 8.74. The van der Waals surface area contributed by atoms with E-state index in [4.69, 9.17) is 4.74 Å². The van der Waals surface area contributed by atoms with E-state index in [9.17, 15) is 14.4 Å². The lowest BCUT2D eigenvalue weighted by molar-refractivity contribution is -0.135. The molecule has 1 aliphatic rings. The fraction of sp³-hybridized carbons (Fsp3) is 0.143. The number of amidine groups is 1. The maximum atomic E-state index is 12.9. The van der Waals surface area contributed by atoms with Crippen molar-refractivity contribution in [3.05, 3.63) is 70.6 Å². The number of carbonyl (C=O) groups excluding carboxylic acids is 3. The number of aryl methyl sites for hydroxylation is 1. The van der Waals surface area contributed by atoms with Crippen LogP contribution in [0.15, 0.2) is 64.5 Å². The predicted octanol–water partition coefficient (Wildman–Crippen LogP) is 3.34. The third-order valence-electron chi connectivity index (χ3n) is 4.14. The summed E-state index contributed by atoms with van der Waals surface area (Å²) in [5, 5.41) is 0.145. The van der Waals surface area contributed by atoms with Gasteiger partial charge >= 0.3 is 5.97 Å². The van der Waals surface area contributed by atoms with Crippen LogP contribution in [0.3, 0.4) is 0 Å². The second-order valence-electron chi connectivity index (χ2n) is 5.99. The number of aliphatic imine (C=N–C) groups is 1. The van der Waals surface area contributed by atoms with Crippen LogP contribution in [0.4, 0.5) is 5.69 Å². The van der Waals surface area contributed by atoms with Crippen LogP contribution in [0.2, 0.25) is 0 Å². The highest BCUT2D eigenvalue weighted by Gasteiger charge is 2.36. The SMILES string of the molecule is COC(=O)/C=C1/SC(=NC(=O)c2ccccc2C)N(c2cccc(OC)c2)C1=O. The summed E-state index contributed by atoms with van der Waals surface area (Å²) < 4.78 is 9.83. The molecule has 0 N–H and O–H groups in total. The van der Waals surface area contributed by atoms with Crippen molar-refractivity contribution in [3.8, 4) is 5.75 Å². The molecule has 1 saturated heterocycles. The van der Waals surface area contributed by atoms with Crippen LogP contribution in [0.1, 0.15) is 15.9 Å². The van der Waals surface area contributed by atoms with E-state index in [-0.39, 0.29) is 10.1 Å². The molecule has 2 aromatic rings. The van der Waals surface area contributed by atoms with E-state index < -0.39 is 17.8 Å². The molecule has 0 aliphatic carbocycles. The van der Waals surface area contributed by atoms with Gasteiger partial charge in [-0.1, -0.05) is 24.3 Å². The van der Waals surface area contributed by atoms with Crippen molar-refractivity contribution in [2.45, 2.75) is 6.92 Å². The fourth-order valence-corrected chi connectivity index (χ4v) is 3.59. The quantitative estimate of drug-likeness (QED) is 0.568. The van der Waals surface area contributed by atoms with Gasteiger partial charge in [0.2, 0.25) is 0 Å². The molecule has 1 aliphatic heterocycles. The molecular formula is C21H18N2O5S. The molecular weight excluding hydrogens is 392 g/mol. The van der Waals surface area contributed by atoms with Crippen molar-refractivity contribution >= 4 is 40.4 Å². The first kappa shape index (κ1) is 20.3. The lowest BCUT2D eigenvalue weighted by Gasteiger charge is -2.16. The molecule has 1 fully saturated rings. The van der Waals surface area contributed by atoms with Gasteiger partial charge in [-0.05, 0) is 42.4 Å². The Morgan fingerprint density at radius 3 is 2.55 bits per heavy atom. The Morgan fingerprint density at radius 2 is 1.86 bits per heavy atom. The van der Waals surface area contributed by atoms with E-state index in [1.807, 2.05) is 19.1 Å². The molecule has 0 aromatic heterocycles. The van der Waals surface area contributed by atoms with E-state index in [0.29, 0.717) is 17.0 Å². The monoisotopic (exact) mass is 410 g/mol. The zero-order valence-electron chi connectivity index (χ0n) is 16.0. The van der Waals surface area contributed by atoms with Gasteiger partial charge in [-0.2, -0.15) is 4.99 Å². The highest BCUT2D eigenvalue weighted by molar-refractivity contribution is 8.19. The Bertz CT molecular complexity index is 1040. The Morgan fingerprint density at radius 1 is 1.10 bits per heavy atom. The molecule has 8 heteroatoms. The molecule has 2 aromatic carbocycles. The van der Waals surface area contributed by atoms with Gasteiger partial charge < -0.3 is 9.47 Å². The molecule has 3 rings (SSSR count). The Labute approximate surface area is 172 Å². The highest BCUT2D eigenvalue weighted by atomic mass is 32.2.